The van der Waals surface area contributed by atoms with Gasteiger partial charge in [0.05, 0.1) is 6.61 Å². The van der Waals surface area contributed by atoms with E-state index in [4.69, 9.17) is 16.3 Å². The van der Waals surface area contributed by atoms with Crippen LogP contribution >= 0.6 is 11.6 Å². The SMILES string of the molecule is FC(F)(Cl)C1(CCc2ccccc2)CO1. The van der Waals surface area contributed by atoms with E-state index in [1.165, 1.54) is 0 Å². The van der Waals surface area contributed by atoms with Gasteiger partial charge in [-0.25, -0.2) is 0 Å². The first-order chi connectivity index (χ1) is 7.04. The summed E-state index contributed by atoms with van der Waals surface area (Å²) in [5, 5.41) is -3.26. The van der Waals surface area contributed by atoms with Gasteiger partial charge >= 0.3 is 5.38 Å². The van der Waals surface area contributed by atoms with Gasteiger partial charge in [-0.05, 0) is 30.0 Å². The highest BCUT2D eigenvalue weighted by Crippen LogP contribution is 2.48. The molecule has 0 spiro atoms. The van der Waals surface area contributed by atoms with Crippen molar-refractivity contribution in [2.75, 3.05) is 6.61 Å². The lowest BCUT2D eigenvalue weighted by Crippen LogP contribution is -2.32. The van der Waals surface area contributed by atoms with Gasteiger partial charge in [0, 0.05) is 0 Å². The Morgan fingerprint density at radius 3 is 2.40 bits per heavy atom. The molecule has 4 heteroatoms. The van der Waals surface area contributed by atoms with Crippen LogP contribution in [0.5, 0.6) is 0 Å². The summed E-state index contributed by atoms with van der Waals surface area (Å²) in [5.74, 6) is 0. The number of aryl methyl sites for hydroxylation is 1. The van der Waals surface area contributed by atoms with E-state index in [0.29, 0.717) is 6.42 Å². The molecule has 0 radical (unpaired) electrons. The molecule has 0 saturated carbocycles. The fraction of sp³-hybridized carbons (Fsp3) is 0.455. The van der Waals surface area contributed by atoms with E-state index in [-0.39, 0.29) is 13.0 Å². The molecule has 1 heterocycles. The van der Waals surface area contributed by atoms with E-state index >= 15 is 0 Å². The van der Waals surface area contributed by atoms with Gasteiger partial charge in [-0.1, -0.05) is 30.3 Å². The topological polar surface area (TPSA) is 12.5 Å². The van der Waals surface area contributed by atoms with Gasteiger partial charge in [0.2, 0.25) is 0 Å². The molecule has 1 unspecified atom stereocenters. The first kappa shape index (κ1) is 10.8. The molecule has 1 aromatic carbocycles. The maximum Gasteiger partial charge on any atom is 0.352 e. The van der Waals surface area contributed by atoms with Crippen LogP contribution in [0.4, 0.5) is 8.78 Å². The molecule has 0 aromatic heterocycles. The monoisotopic (exact) mass is 232 g/mol. The molecule has 1 fully saturated rings. The Morgan fingerprint density at radius 1 is 1.33 bits per heavy atom. The second-order valence-corrected chi connectivity index (χ2v) is 4.24. The number of epoxide rings is 1. The largest absolute Gasteiger partial charge is 0.362 e. The van der Waals surface area contributed by atoms with Crippen molar-refractivity contribution >= 4 is 11.6 Å². The van der Waals surface area contributed by atoms with Crippen LogP contribution in [0.15, 0.2) is 30.3 Å². The lowest BCUT2D eigenvalue weighted by molar-refractivity contribution is -0.000209. The van der Waals surface area contributed by atoms with E-state index < -0.39 is 11.0 Å². The molecular weight excluding hydrogens is 222 g/mol. The van der Waals surface area contributed by atoms with Gasteiger partial charge in [0.15, 0.2) is 5.60 Å². The molecule has 15 heavy (non-hydrogen) atoms. The zero-order valence-electron chi connectivity index (χ0n) is 8.05. The second-order valence-electron chi connectivity index (χ2n) is 3.77. The van der Waals surface area contributed by atoms with Crippen LogP contribution in [-0.2, 0) is 11.2 Å². The molecule has 2 rings (SSSR count). The van der Waals surface area contributed by atoms with Crippen LogP contribution in [0.1, 0.15) is 12.0 Å². The third-order valence-corrected chi connectivity index (χ3v) is 3.01. The minimum atomic E-state index is -3.26. The number of hydrogen-bond donors (Lipinski definition) is 0. The van der Waals surface area contributed by atoms with E-state index in [9.17, 15) is 8.78 Å². The number of halogens is 3. The molecule has 0 N–H and O–H groups in total. The lowest BCUT2D eigenvalue weighted by Gasteiger charge is -2.16. The lowest BCUT2D eigenvalue weighted by atomic mass is 10.0. The number of ether oxygens (including phenoxy) is 1. The van der Waals surface area contributed by atoms with Crippen molar-refractivity contribution < 1.29 is 13.5 Å². The van der Waals surface area contributed by atoms with Gasteiger partial charge in [0.1, 0.15) is 0 Å². The predicted octanol–water partition coefficient (Wildman–Crippen LogP) is 3.22. The molecule has 0 amide bonds. The highest BCUT2D eigenvalue weighted by Gasteiger charge is 2.63. The molecule has 1 aromatic rings. The second kappa shape index (κ2) is 3.72. The molecule has 1 aliphatic heterocycles. The van der Waals surface area contributed by atoms with Gasteiger partial charge in [-0.3, -0.25) is 0 Å². The average Bonchev–Trinajstić information content (AvgIpc) is 2.96. The summed E-state index contributed by atoms with van der Waals surface area (Å²) in [4.78, 5) is 0. The van der Waals surface area contributed by atoms with Crippen molar-refractivity contribution in [3.8, 4) is 0 Å². The summed E-state index contributed by atoms with van der Waals surface area (Å²) in [5.41, 5.74) is -0.405. The summed E-state index contributed by atoms with van der Waals surface area (Å²) in [7, 11) is 0. The zero-order valence-corrected chi connectivity index (χ0v) is 8.81. The first-order valence-corrected chi connectivity index (χ1v) is 5.16. The number of hydrogen-bond acceptors (Lipinski definition) is 1. The van der Waals surface area contributed by atoms with Crippen molar-refractivity contribution in [3.63, 3.8) is 0 Å². The highest BCUT2D eigenvalue weighted by molar-refractivity contribution is 6.22. The van der Waals surface area contributed by atoms with Crippen molar-refractivity contribution in [2.24, 2.45) is 0 Å². The van der Waals surface area contributed by atoms with E-state index in [2.05, 4.69) is 0 Å². The molecule has 1 saturated heterocycles. The standard InChI is InChI=1S/C11H11ClF2O/c12-11(13,14)10(8-15-10)7-6-9-4-2-1-3-5-9/h1-5H,6-8H2. The molecule has 1 atom stereocenters. The third-order valence-electron chi connectivity index (χ3n) is 2.67. The minimum absolute atomic E-state index is 0.0519. The summed E-state index contributed by atoms with van der Waals surface area (Å²) >= 11 is 5.00. The van der Waals surface area contributed by atoms with E-state index in [0.717, 1.165) is 5.56 Å². The van der Waals surface area contributed by atoms with Crippen molar-refractivity contribution in [3.05, 3.63) is 35.9 Å². The van der Waals surface area contributed by atoms with Crippen LogP contribution in [0.3, 0.4) is 0 Å². The normalized spacial score (nSPS) is 25.3. The molecule has 82 valence electrons. The molecule has 0 aliphatic carbocycles. The minimum Gasteiger partial charge on any atom is -0.362 e. The number of rotatable bonds is 4. The van der Waals surface area contributed by atoms with Crippen LogP contribution in [0, 0.1) is 0 Å². The Bertz CT molecular complexity index is 330. The fourth-order valence-corrected chi connectivity index (χ4v) is 1.73. The van der Waals surface area contributed by atoms with E-state index in [1.54, 1.807) is 0 Å². The Balaban J connectivity index is 1.95. The molecular formula is C11H11ClF2O. The smallest absolute Gasteiger partial charge is 0.352 e. The summed E-state index contributed by atoms with van der Waals surface area (Å²) < 4.78 is 30.6. The Hall–Kier alpha value is -0.670. The Morgan fingerprint density at radius 2 is 1.93 bits per heavy atom. The van der Waals surface area contributed by atoms with Gasteiger partial charge in [-0.15, -0.1) is 0 Å². The Labute approximate surface area is 92.0 Å². The number of alkyl halides is 3. The van der Waals surface area contributed by atoms with Crippen LogP contribution in [0.25, 0.3) is 0 Å². The highest BCUT2D eigenvalue weighted by atomic mass is 35.5. The summed E-state index contributed by atoms with van der Waals surface area (Å²) in [6.07, 6.45) is 0.816. The van der Waals surface area contributed by atoms with Crippen LogP contribution in [-0.4, -0.2) is 17.6 Å². The first-order valence-electron chi connectivity index (χ1n) is 4.78. The predicted molar refractivity (Wildman–Crippen MR) is 54.2 cm³/mol. The zero-order chi connectivity index (χ0) is 10.9. The van der Waals surface area contributed by atoms with Crippen molar-refractivity contribution in [1.82, 2.24) is 0 Å². The fourth-order valence-electron chi connectivity index (χ4n) is 1.53. The molecule has 1 nitrogen and oxygen atoms in total. The van der Waals surface area contributed by atoms with Crippen molar-refractivity contribution in [2.45, 2.75) is 23.8 Å². The Kier molecular flexibility index (Phi) is 2.69. The summed E-state index contributed by atoms with van der Waals surface area (Å²) in [6, 6.07) is 9.47. The summed E-state index contributed by atoms with van der Waals surface area (Å²) in [6.45, 7) is 0.0519. The van der Waals surface area contributed by atoms with E-state index in [1.807, 2.05) is 30.3 Å². The van der Waals surface area contributed by atoms with Crippen LogP contribution < -0.4 is 0 Å². The van der Waals surface area contributed by atoms with Crippen molar-refractivity contribution in [1.29, 1.82) is 0 Å². The quantitative estimate of drug-likeness (QED) is 0.574. The van der Waals surface area contributed by atoms with Gasteiger partial charge in [0.25, 0.3) is 0 Å². The maximum absolute atomic E-state index is 12.9. The van der Waals surface area contributed by atoms with Gasteiger partial charge < -0.3 is 4.74 Å². The molecule has 1 aliphatic rings. The van der Waals surface area contributed by atoms with Crippen LogP contribution in [0.2, 0.25) is 0 Å². The maximum atomic E-state index is 12.9. The number of benzene rings is 1. The van der Waals surface area contributed by atoms with Gasteiger partial charge in [-0.2, -0.15) is 8.78 Å². The average molecular weight is 233 g/mol. The third kappa shape index (κ3) is 2.29. The molecule has 0 bridgehead atoms.